The first-order valence-electron chi connectivity index (χ1n) is 10.4. The molecule has 1 fully saturated rings. The number of carbonyl (C=O) groups is 2. The second-order valence-electron chi connectivity index (χ2n) is 7.30. The number of thiazole rings is 1. The molecule has 3 aromatic rings. The van der Waals surface area contributed by atoms with Crippen molar-refractivity contribution in [3.63, 3.8) is 0 Å². The summed E-state index contributed by atoms with van der Waals surface area (Å²) in [6.07, 6.45) is 1.45. The van der Waals surface area contributed by atoms with E-state index in [-0.39, 0.29) is 23.7 Å². The third kappa shape index (κ3) is 4.39. The van der Waals surface area contributed by atoms with Crippen LogP contribution in [0.3, 0.4) is 0 Å². The molecule has 1 aromatic carbocycles. The summed E-state index contributed by atoms with van der Waals surface area (Å²) in [6, 6.07) is 9.34. The molecular formula is C23H25N3O5S. The second kappa shape index (κ2) is 9.54. The fraction of sp³-hybridized carbons (Fsp3) is 0.348. The molecule has 0 saturated carbocycles. The minimum atomic E-state index is -0.459. The minimum Gasteiger partial charge on any atom is -0.497 e. The van der Waals surface area contributed by atoms with Crippen LogP contribution in [0.5, 0.6) is 5.75 Å². The Balaban J connectivity index is 1.76. The number of nitrogens with zero attached hydrogens (tertiary/aromatic N) is 2. The quantitative estimate of drug-likeness (QED) is 0.542. The molecule has 1 amide bonds. The first-order valence-corrected chi connectivity index (χ1v) is 11.3. The molecule has 1 atom stereocenters. The van der Waals surface area contributed by atoms with Gasteiger partial charge in [0.25, 0.3) is 5.91 Å². The van der Waals surface area contributed by atoms with Crippen molar-refractivity contribution < 1.29 is 23.8 Å². The van der Waals surface area contributed by atoms with E-state index in [1.54, 1.807) is 25.5 Å². The summed E-state index contributed by atoms with van der Waals surface area (Å²) >= 11 is 1.21. The number of hydrogen-bond acceptors (Lipinski definition) is 7. The zero-order valence-electron chi connectivity index (χ0n) is 18.2. The lowest BCUT2D eigenvalue weighted by Gasteiger charge is -2.13. The van der Waals surface area contributed by atoms with Crippen molar-refractivity contribution in [3.8, 4) is 22.8 Å². The van der Waals surface area contributed by atoms with Gasteiger partial charge in [0.15, 0.2) is 0 Å². The largest absolute Gasteiger partial charge is 0.497 e. The number of carbonyl (C=O) groups excluding carboxylic acids is 2. The van der Waals surface area contributed by atoms with E-state index < -0.39 is 5.97 Å². The van der Waals surface area contributed by atoms with Crippen molar-refractivity contribution in [2.45, 2.75) is 32.9 Å². The normalized spacial score (nSPS) is 15.5. The predicted molar refractivity (Wildman–Crippen MR) is 121 cm³/mol. The van der Waals surface area contributed by atoms with Gasteiger partial charge in [0.2, 0.25) is 5.01 Å². The summed E-state index contributed by atoms with van der Waals surface area (Å²) in [4.78, 5) is 29.6. The van der Waals surface area contributed by atoms with Crippen molar-refractivity contribution in [3.05, 3.63) is 52.0 Å². The molecule has 1 aliphatic heterocycles. The van der Waals surface area contributed by atoms with Crippen LogP contribution < -0.4 is 10.1 Å². The molecule has 0 radical (unpaired) electrons. The van der Waals surface area contributed by atoms with Gasteiger partial charge in [-0.25, -0.2) is 9.78 Å². The summed E-state index contributed by atoms with van der Waals surface area (Å²) in [5.41, 5.74) is 3.42. The summed E-state index contributed by atoms with van der Waals surface area (Å²) in [5, 5.41) is 5.02. The smallest absolute Gasteiger partial charge is 0.367 e. The molecule has 1 unspecified atom stereocenters. The van der Waals surface area contributed by atoms with Gasteiger partial charge in [-0.05, 0) is 57.0 Å². The van der Waals surface area contributed by atoms with Gasteiger partial charge in [-0.2, -0.15) is 0 Å². The Morgan fingerprint density at radius 1 is 1.31 bits per heavy atom. The third-order valence-corrected chi connectivity index (χ3v) is 6.08. The number of amides is 1. The Labute approximate surface area is 190 Å². The lowest BCUT2D eigenvalue weighted by Crippen LogP contribution is -2.34. The van der Waals surface area contributed by atoms with Crippen LogP contribution in [0.25, 0.3) is 17.1 Å². The van der Waals surface area contributed by atoms with E-state index in [1.807, 2.05) is 35.8 Å². The van der Waals surface area contributed by atoms with E-state index in [0.29, 0.717) is 23.6 Å². The maximum atomic E-state index is 13.0. The molecule has 1 N–H and O–H groups in total. The number of ether oxygens (including phenoxy) is 3. The predicted octanol–water partition coefficient (Wildman–Crippen LogP) is 3.96. The minimum absolute atomic E-state index is 0.205. The maximum absolute atomic E-state index is 13.0. The average molecular weight is 456 g/mol. The van der Waals surface area contributed by atoms with Crippen molar-refractivity contribution in [2.24, 2.45) is 0 Å². The molecule has 0 spiro atoms. The highest BCUT2D eigenvalue weighted by molar-refractivity contribution is 7.11. The Morgan fingerprint density at radius 3 is 2.75 bits per heavy atom. The maximum Gasteiger partial charge on any atom is 0.367 e. The molecule has 8 nitrogen and oxygen atoms in total. The first-order chi connectivity index (χ1) is 15.5. The van der Waals surface area contributed by atoms with Crippen LogP contribution in [0, 0.1) is 6.92 Å². The van der Waals surface area contributed by atoms with E-state index in [1.165, 1.54) is 11.3 Å². The van der Waals surface area contributed by atoms with Crippen LogP contribution >= 0.6 is 11.3 Å². The third-order valence-electron chi connectivity index (χ3n) is 5.26. The summed E-state index contributed by atoms with van der Waals surface area (Å²) in [6.45, 7) is 4.57. The molecular weight excluding hydrogens is 430 g/mol. The van der Waals surface area contributed by atoms with E-state index in [9.17, 15) is 9.59 Å². The van der Waals surface area contributed by atoms with Gasteiger partial charge in [-0.3, -0.25) is 4.79 Å². The van der Waals surface area contributed by atoms with Gasteiger partial charge >= 0.3 is 5.97 Å². The van der Waals surface area contributed by atoms with E-state index in [2.05, 4.69) is 10.3 Å². The van der Waals surface area contributed by atoms with Gasteiger partial charge in [-0.1, -0.05) is 0 Å². The van der Waals surface area contributed by atoms with Gasteiger partial charge < -0.3 is 24.1 Å². The van der Waals surface area contributed by atoms with Gasteiger partial charge in [0.05, 0.1) is 30.7 Å². The van der Waals surface area contributed by atoms with Gasteiger partial charge in [-0.15, -0.1) is 11.3 Å². The summed E-state index contributed by atoms with van der Waals surface area (Å²) < 4.78 is 17.8. The molecule has 1 aliphatic rings. The molecule has 168 valence electrons. The molecule has 1 saturated heterocycles. The number of benzene rings is 1. The van der Waals surface area contributed by atoms with Crippen LogP contribution in [0.2, 0.25) is 0 Å². The molecule has 32 heavy (non-hydrogen) atoms. The highest BCUT2D eigenvalue weighted by atomic mass is 32.1. The molecule has 4 rings (SSSR count). The molecule has 9 heteroatoms. The molecule has 3 heterocycles. The van der Waals surface area contributed by atoms with Crippen LogP contribution in [-0.2, 0) is 9.47 Å². The van der Waals surface area contributed by atoms with Crippen molar-refractivity contribution in [1.82, 2.24) is 14.9 Å². The number of esters is 1. The summed E-state index contributed by atoms with van der Waals surface area (Å²) in [5.74, 6) is 0.0674. The van der Waals surface area contributed by atoms with Crippen LogP contribution in [0.1, 0.15) is 45.6 Å². The summed E-state index contributed by atoms with van der Waals surface area (Å²) in [7, 11) is 1.61. The second-order valence-corrected chi connectivity index (χ2v) is 8.15. The first kappa shape index (κ1) is 22.0. The number of methoxy groups -OCH3 is 1. The fourth-order valence-corrected chi connectivity index (χ4v) is 4.39. The Kier molecular flexibility index (Phi) is 6.57. The lowest BCUT2D eigenvalue weighted by atomic mass is 10.2. The monoisotopic (exact) mass is 455 g/mol. The Morgan fingerprint density at radius 2 is 2.09 bits per heavy atom. The zero-order valence-corrected chi connectivity index (χ0v) is 19.0. The zero-order chi connectivity index (χ0) is 22.7. The number of rotatable bonds is 7. The topological polar surface area (TPSA) is 91.7 Å². The molecule has 0 aliphatic carbocycles. The van der Waals surface area contributed by atoms with Crippen LogP contribution in [0.15, 0.2) is 35.7 Å². The highest BCUT2D eigenvalue weighted by Crippen LogP contribution is 2.31. The highest BCUT2D eigenvalue weighted by Gasteiger charge is 2.25. The number of aromatic nitrogens is 2. The van der Waals surface area contributed by atoms with Crippen LogP contribution in [0.4, 0.5) is 0 Å². The average Bonchev–Trinajstić information content (AvgIpc) is 3.54. The number of hydrogen-bond donors (Lipinski definition) is 1. The van der Waals surface area contributed by atoms with E-state index in [4.69, 9.17) is 14.2 Å². The van der Waals surface area contributed by atoms with Gasteiger partial charge in [0, 0.05) is 23.4 Å². The fourth-order valence-electron chi connectivity index (χ4n) is 3.68. The standard InChI is InChI=1S/C23H25N3O5S/c1-4-30-23(28)22-24-18(13-32-22)19-12-17(21(27)25-20-6-5-11-31-20)14(2)26(19)15-7-9-16(29-3)10-8-15/h7-10,12-13,20H,4-6,11H2,1-3H3,(H,25,27). The van der Waals surface area contributed by atoms with Crippen molar-refractivity contribution >= 4 is 23.2 Å². The SMILES string of the molecule is CCOC(=O)c1nc(-c2cc(C(=O)NC3CCCO3)c(C)n2-c2ccc(OC)cc2)cs1. The van der Waals surface area contributed by atoms with E-state index >= 15 is 0 Å². The molecule has 2 aromatic heterocycles. The number of nitrogens with one attached hydrogen (secondary N) is 1. The van der Waals surface area contributed by atoms with Crippen molar-refractivity contribution in [2.75, 3.05) is 20.3 Å². The van der Waals surface area contributed by atoms with Gasteiger partial charge in [0.1, 0.15) is 12.0 Å². The lowest BCUT2D eigenvalue weighted by molar-refractivity contribution is 0.0525. The van der Waals surface area contributed by atoms with Crippen LogP contribution in [-0.4, -0.2) is 48.0 Å². The Bertz CT molecular complexity index is 1110. The molecule has 0 bridgehead atoms. The van der Waals surface area contributed by atoms with E-state index in [0.717, 1.165) is 30.0 Å². The van der Waals surface area contributed by atoms with Crippen molar-refractivity contribution in [1.29, 1.82) is 0 Å². The Hall–Kier alpha value is -3.17.